The standard InChI is InChI=1S/C18H14N8O2S/c1-28-12-6-4-3-5-10(12)14-13-11(21-16-19-9-20-26(14)16)7-8-25(15(13)27)17-22-18(29-2)24-23-17/h3-9H,1-2H3,(H,22,23,24). The van der Waals surface area contributed by atoms with Crippen molar-refractivity contribution in [1.82, 2.24) is 39.3 Å². The smallest absolute Gasteiger partial charge is 0.269 e. The van der Waals surface area contributed by atoms with Gasteiger partial charge in [-0.15, -0.1) is 5.10 Å². The van der Waals surface area contributed by atoms with Crippen LogP contribution in [0.2, 0.25) is 0 Å². The van der Waals surface area contributed by atoms with Gasteiger partial charge in [0.1, 0.15) is 12.1 Å². The van der Waals surface area contributed by atoms with E-state index < -0.39 is 0 Å². The number of H-pyrrole nitrogens is 1. The first-order valence-electron chi connectivity index (χ1n) is 8.56. The van der Waals surface area contributed by atoms with Crippen LogP contribution in [0.3, 0.4) is 0 Å². The number of nitrogens with zero attached hydrogens (tertiary/aromatic N) is 7. The molecule has 1 aromatic carbocycles. The summed E-state index contributed by atoms with van der Waals surface area (Å²) in [7, 11) is 1.58. The van der Waals surface area contributed by atoms with E-state index in [0.29, 0.717) is 44.8 Å². The van der Waals surface area contributed by atoms with E-state index in [1.54, 1.807) is 23.9 Å². The summed E-state index contributed by atoms with van der Waals surface area (Å²) >= 11 is 1.38. The van der Waals surface area contributed by atoms with Gasteiger partial charge in [-0.1, -0.05) is 23.9 Å². The first-order chi connectivity index (χ1) is 14.2. The monoisotopic (exact) mass is 406 g/mol. The van der Waals surface area contributed by atoms with Crippen LogP contribution < -0.4 is 10.3 Å². The molecule has 5 aromatic rings. The predicted octanol–water partition coefficient (Wildman–Crippen LogP) is 1.94. The van der Waals surface area contributed by atoms with Crippen LogP contribution in [-0.2, 0) is 0 Å². The van der Waals surface area contributed by atoms with Crippen molar-refractivity contribution in [2.24, 2.45) is 0 Å². The van der Waals surface area contributed by atoms with Crippen LogP contribution in [0.15, 0.2) is 52.8 Å². The summed E-state index contributed by atoms with van der Waals surface area (Å²) in [5.74, 6) is 1.32. The van der Waals surface area contributed by atoms with Crippen molar-refractivity contribution in [2.45, 2.75) is 5.16 Å². The second-order valence-corrected chi connectivity index (χ2v) is 6.80. The first-order valence-corrected chi connectivity index (χ1v) is 9.79. The molecule has 0 aliphatic heterocycles. The van der Waals surface area contributed by atoms with Crippen LogP contribution in [0.5, 0.6) is 5.75 Å². The Labute approximate surface area is 167 Å². The van der Waals surface area contributed by atoms with Gasteiger partial charge in [0.2, 0.25) is 11.1 Å². The molecule has 4 aromatic heterocycles. The number of thioether (sulfide) groups is 1. The fourth-order valence-electron chi connectivity index (χ4n) is 3.22. The van der Waals surface area contributed by atoms with Gasteiger partial charge in [0, 0.05) is 11.8 Å². The van der Waals surface area contributed by atoms with Gasteiger partial charge in [0.15, 0.2) is 0 Å². The fourth-order valence-corrected chi connectivity index (χ4v) is 3.53. The molecule has 1 N–H and O–H groups in total. The van der Waals surface area contributed by atoms with E-state index in [1.165, 1.54) is 22.7 Å². The van der Waals surface area contributed by atoms with E-state index >= 15 is 0 Å². The van der Waals surface area contributed by atoms with Crippen LogP contribution in [0.1, 0.15) is 0 Å². The van der Waals surface area contributed by atoms with Crippen molar-refractivity contribution in [1.29, 1.82) is 0 Å². The van der Waals surface area contributed by atoms with Gasteiger partial charge in [-0.2, -0.15) is 19.6 Å². The lowest BCUT2D eigenvalue weighted by Gasteiger charge is -2.12. The third-order valence-corrected chi connectivity index (χ3v) is 5.04. The van der Waals surface area contributed by atoms with Gasteiger partial charge in [0.25, 0.3) is 11.3 Å². The lowest BCUT2D eigenvalue weighted by atomic mass is 10.1. The molecule has 4 heterocycles. The van der Waals surface area contributed by atoms with E-state index in [-0.39, 0.29) is 5.56 Å². The molecule has 0 fully saturated rings. The highest BCUT2D eigenvalue weighted by atomic mass is 32.2. The minimum Gasteiger partial charge on any atom is -0.496 e. The van der Waals surface area contributed by atoms with Crippen LogP contribution in [0.4, 0.5) is 0 Å². The van der Waals surface area contributed by atoms with Crippen molar-refractivity contribution >= 4 is 28.4 Å². The maximum absolute atomic E-state index is 13.5. The number of nitrogens with one attached hydrogen (secondary N) is 1. The van der Waals surface area contributed by atoms with Crippen molar-refractivity contribution in [3.63, 3.8) is 0 Å². The molecule has 0 radical (unpaired) electrons. The molecule has 29 heavy (non-hydrogen) atoms. The second-order valence-electron chi connectivity index (χ2n) is 6.03. The Balaban J connectivity index is 1.91. The van der Waals surface area contributed by atoms with Gasteiger partial charge in [-0.3, -0.25) is 9.36 Å². The number of hydrogen-bond acceptors (Lipinski definition) is 8. The zero-order valence-corrected chi connectivity index (χ0v) is 16.2. The van der Waals surface area contributed by atoms with Crippen LogP contribution in [0, 0.1) is 0 Å². The van der Waals surface area contributed by atoms with Gasteiger partial charge in [-0.25, -0.2) is 10.1 Å². The molecule has 11 heteroatoms. The number of ether oxygens (including phenoxy) is 1. The normalized spacial score (nSPS) is 11.4. The summed E-state index contributed by atoms with van der Waals surface area (Å²) in [5, 5.41) is 12.1. The lowest BCUT2D eigenvalue weighted by molar-refractivity contribution is 0.416. The number of rotatable bonds is 4. The van der Waals surface area contributed by atoms with Gasteiger partial charge < -0.3 is 4.74 Å². The molecule has 144 valence electrons. The number of benzene rings is 1. The zero-order chi connectivity index (χ0) is 20.0. The van der Waals surface area contributed by atoms with Crippen LogP contribution >= 0.6 is 11.8 Å². The summed E-state index contributed by atoms with van der Waals surface area (Å²) < 4.78 is 8.47. The Morgan fingerprint density at radius 1 is 1.17 bits per heavy atom. The molecule has 0 atom stereocenters. The minimum atomic E-state index is -0.308. The zero-order valence-electron chi connectivity index (χ0n) is 15.4. The fraction of sp³-hybridized carbons (Fsp3) is 0.111. The minimum absolute atomic E-state index is 0.308. The Hall–Kier alpha value is -3.73. The molecular weight excluding hydrogens is 392 g/mol. The van der Waals surface area contributed by atoms with E-state index in [4.69, 9.17) is 4.74 Å². The Kier molecular flexibility index (Phi) is 4.02. The Morgan fingerprint density at radius 3 is 2.83 bits per heavy atom. The molecule has 0 unspecified atom stereocenters. The predicted molar refractivity (Wildman–Crippen MR) is 108 cm³/mol. The quantitative estimate of drug-likeness (QED) is 0.450. The topological polar surface area (TPSA) is 116 Å². The highest BCUT2D eigenvalue weighted by Gasteiger charge is 2.20. The highest BCUT2D eigenvalue weighted by Crippen LogP contribution is 2.33. The molecular formula is C18H14N8O2S. The Bertz CT molecular complexity index is 1420. The lowest BCUT2D eigenvalue weighted by Crippen LogP contribution is -2.21. The van der Waals surface area contributed by atoms with E-state index in [9.17, 15) is 4.79 Å². The number of aromatic nitrogens is 8. The molecule has 0 saturated heterocycles. The summed E-state index contributed by atoms with van der Waals surface area (Å²) in [6.07, 6.45) is 4.88. The number of para-hydroxylation sites is 1. The molecule has 0 aliphatic carbocycles. The molecule has 0 amide bonds. The van der Waals surface area contributed by atoms with Gasteiger partial charge in [-0.05, 0) is 24.5 Å². The molecule has 10 nitrogen and oxygen atoms in total. The SMILES string of the molecule is COc1ccccc1-c1c2c(=O)n(-c3nc(SC)n[nH]3)ccc2nc2ncnn12. The first kappa shape index (κ1) is 17.4. The van der Waals surface area contributed by atoms with Crippen LogP contribution in [0.25, 0.3) is 33.9 Å². The number of aromatic amines is 1. The maximum Gasteiger partial charge on any atom is 0.269 e. The van der Waals surface area contributed by atoms with Crippen molar-refractivity contribution in [3.8, 4) is 23.0 Å². The summed E-state index contributed by atoms with van der Waals surface area (Å²) in [6, 6.07) is 9.17. The highest BCUT2D eigenvalue weighted by molar-refractivity contribution is 7.98. The van der Waals surface area contributed by atoms with Crippen LogP contribution in [-0.4, -0.2) is 52.7 Å². The number of hydrogen-bond donors (Lipinski definition) is 1. The maximum atomic E-state index is 13.5. The average Bonchev–Trinajstić information content (AvgIpc) is 3.42. The molecule has 0 saturated carbocycles. The average molecular weight is 406 g/mol. The second kappa shape index (κ2) is 6.71. The van der Waals surface area contributed by atoms with Crippen molar-refractivity contribution in [2.75, 3.05) is 13.4 Å². The largest absolute Gasteiger partial charge is 0.496 e. The van der Waals surface area contributed by atoms with Crippen molar-refractivity contribution < 1.29 is 4.74 Å². The molecule has 5 rings (SSSR count). The summed E-state index contributed by atoms with van der Waals surface area (Å²) in [5.41, 5.74) is 1.44. The van der Waals surface area contributed by atoms with Crippen molar-refractivity contribution in [3.05, 3.63) is 53.2 Å². The van der Waals surface area contributed by atoms with E-state index in [2.05, 4.69) is 30.2 Å². The molecule has 0 bridgehead atoms. The number of fused-ring (bicyclic) bond motifs is 2. The third-order valence-electron chi connectivity index (χ3n) is 4.50. The molecule has 0 spiro atoms. The third kappa shape index (κ3) is 2.66. The molecule has 0 aliphatic rings. The number of methoxy groups -OCH3 is 1. The Morgan fingerprint density at radius 2 is 2.03 bits per heavy atom. The summed E-state index contributed by atoms with van der Waals surface area (Å²) in [6.45, 7) is 0. The van der Waals surface area contributed by atoms with Gasteiger partial charge >= 0.3 is 0 Å². The van der Waals surface area contributed by atoms with Gasteiger partial charge in [0.05, 0.1) is 23.7 Å². The number of pyridine rings is 1. The van der Waals surface area contributed by atoms with E-state index in [0.717, 1.165) is 0 Å². The van der Waals surface area contributed by atoms with E-state index in [1.807, 2.05) is 30.5 Å². The summed E-state index contributed by atoms with van der Waals surface area (Å²) in [4.78, 5) is 26.5.